The topological polar surface area (TPSA) is 58.7 Å². The fourth-order valence-electron chi connectivity index (χ4n) is 4.30. The predicted molar refractivity (Wildman–Crippen MR) is 129 cm³/mol. The van der Waals surface area contributed by atoms with E-state index in [4.69, 9.17) is 10.7 Å². The van der Waals surface area contributed by atoms with Gasteiger partial charge in [0.15, 0.2) is 11.5 Å². The number of benzene rings is 4. The van der Waals surface area contributed by atoms with Crippen LogP contribution in [0.5, 0.6) is 0 Å². The summed E-state index contributed by atoms with van der Waals surface area (Å²) in [5.41, 5.74) is 10.9. The molecule has 5 rings (SSSR count). The zero-order valence-electron chi connectivity index (χ0n) is 17.8. The fraction of sp³-hybridized carbons (Fsp3) is 0.0714. The normalized spacial score (nSPS) is 18.0. The van der Waals surface area contributed by atoms with Crippen LogP contribution in [0.3, 0.4) is 0 Å². The SMILES string of the molecule is CN1C(=O)C(c2ccccc2)(c2cccc(-c3cccc(-c4ccccc4)c3)c2)N=C1N. The van der Waals surface area contributed by atoms with Crippen LogP contribution in [0.1, 0.15) is 11.1 Å². The molecule has 0 saturated heterocycles. The van der Waals surface area contributed by atoms with Gasteiger partial charge in [0.05, 0.1) is 0 Å². The van der Waals surface area contributed by atoms with Crippen LogP contribution in [0.4, 0.5) is 0 Å². The third-order valence-electron chi connectivity index (χ3n) is 6.01. The van der Waals surface area contributed by atoms with Crippen molar-refractivity contribution in [3.63, 3.8) is 0 Å². The second kappa shape index (κ2) is 7.82. The summed E-state index contributed by atoms with van der Waals surface area (Å²) in [5.74, 6) is 0.0618. The molecule has 0 bridgehead atoms. The number of rotatable bonds is 4. The van der Waals surface area contributed by atoms with Crippen molar-refractivity contribution < 1.29 is 4.79 Å². The van der Waals surface area contributed by atoms with Crippen molar-refractivity contribution in [1.29, 1.82) is 0 Å². The van der Waals surface area contributed by atoms with Gasteiger partial charge < -0.3 is 5.73 Å². The molecule has 0 aliphatic carbocycles. The van der Waals surface area contributed by atoms with Crippen LogP contribution in [0.15, 0.2) is 114 Å². The van der Waals surface area contributed by atoms with Crippen molar-refractivity contribution in [2.24, 2.45) is 10.7 Å². The lowest BCUT2D eigenvalue weighted by molar-refractivity contribution is -0.129. The van der Waals surface area contributed by atoms with Crippen molar-refractivity contribution in [1.82, 2.24) is 4.90 Å². The maximum atomic E-state index is 13.5. The van der Waals surface area contributed by atoms with Crippen LogP contribution in [-0.4, -0.2) is 23.8 Å². The molecule has 1 heterocycles. The number of likely N-dealkylation sites (N-methyl/N-ethyl adjacent to an activating group) is 1. The third kappa shape index (κ3) is 3.17. The molecule has 4 aromatic rings. The largest absolute Gasteiger partial charge is 0.369 e. The zero-order valence-corrected chi connectivity index (χ0v) is 17.8. The molecular formula is C28H23N3O. The maximum absolute atomic E-state index is 13.5. The Morgan fingerprint density at radius 2 is 1.16 bits per heavy atom. The first kappa shape index (κ1) is 19.8. The molecule has 1 aliphatic heterocycles. The van der Waals surface area contributed by atoms with Gasteiger partial charge in [-0.05, 0) is 45.5 Å². The minimum atomic E-state index is -1.19. The number of carbonyl (C=O) groups is 1. The van der Waals surface area contributed by atoms with Gasteiger partial charge in [0, 0.05) is 7.05 Å². The van der Waals surface area contributed by atoms with E-state index >= 15 is 0 Å². The van der Waals surface area contributed by atoms with Gasteiger partial charge in [-0.3, -0.25) is 9.69 Å². The molecule has 32 heavy (non-hydrogen) atoms. The second-order valence-electron chi connectivity index (χ2n) is 7.94. The Morgan fingerprint density at radius 1 is 0.656 bits per heavy atom. The van der Waals surface area contributed by atoms with Crippen molar-refractivity contribution in [2.45, 2.75) is 5.54 Å². The van der Waals surface area contributed by atoms with E-state index < -0.39 is 5.54 Å². The van der Waals surface area contributed by atoms with Gasteiger partial charge in [0.25, 0.3) is 5.91 Å². The van der Waals surface area contributed by atoms with E-state index in [1.165, 1.54) is 4.90 Å². The number of nitrogens with two attached hydrogens (primary N) is 1. The standard InChI is InChI=1S/C28H23N3O/c1-31-26(32)28(30-27(31)29,24-15-6-3-7-16-24)25-17-9-14-23(19-25)22-13-8-12-21(18-22)20-10-4-2-5-11-20/h2-19H,1H3,(H2,29,30). The van der Waals surface area contributed by atoms with Crippen molar-refractivity contribution in [3.8, 4) is 22.3 Å². The van der Waals surface area contributed by atoms with E-state index in [2.05, 4.69) is 42.5 Å². The number of carbonyl (C=O) groups excluding carboxylic acids is 1. The first-order valence-electron chi connectivity index (χ1n) is 10.5. The van der Waals surface area contributed by atoms with Gasteiger partial charge in [-0.25, -0.2) is 4.99 Å². The van der Waals surface area contributed by atoms with E-state index in [0.717, 1.165) is 33.4 Å². The molecule has 0 spiro atoms. The van der Waals surface area contributed by atoms with Crippen molar-refractivity contribution >= 4 is 11.9 Å². The number of hydrogen-bond donors (Lipinski definition) is 1. The number of aliphatic imine (C=N–C) groups is 1. The van der Waals surface area contributed by atoms with Crippen LogP contribution in [0, 0.1) is 0 Å². The Kier molecular flexibility index (Phi) is 4.83. The summed E-state index contributed by atoms with van der Waals surface area (Å²) in [6, 6.07) is 36.4. The quantitative estimate of drug-likeness (QED) is 0.505. The third-order valence-corrected chi connectivity index (χ3v) is 6.01. The minimum absolute atomic E-state index is 0.156. The Labute approximate surface area is 187 Å². The summed E-state index contributed by atoms with van der Waals surface area (Å²) >= 11 is 0. The molecule has 0 aromatic heterocycles. The Hall–Kier alpha value is -4.18. The summed E-state index contributed by atoms with van der Waals surface area (Å²) in [6.07, 6.45) is 0. The van der Waals surface area contributed by atoms with Gasteiger partial charge >= 0.3 is 0 Å². The van der Waals surface area contributed by atoms with E-state index in [0.29, 0.717) is 0 Å². The van der Waals surface area contributed by atoms with Gasteiger partial charge in [-0.1, -0.05) is 97.1 Å². The summed E-state index contributed by atoms with van der Waals surface area (Å²) in [5, 5.41) is 0. The highest BCUT2D eigenvalue weighted by Gasteiger charge is 2.49. The molecule has 4 nitrogen and oxygen atoms in total. The van der Waals surface area contributed by atoms with E-state index in [-0.39, 0.29) is 11.9 Å². The van der Waals surface area contributed by atoms with E-state index in [1.54, 1.807) is 7.05 Å². The lowest BCUT2D eigenvalue weighted by atomic mass is 9.81. The van der Waals surface area contributed by atoms with E-state index in [1.807, 2.05) is 66.7 Å². The summed E-state index contributed by atoms with van der Waals surface area (Å²) < 4.78 is 0. The van der Waals surface area contributed by atoms with Crippen LogP contribution in [0.2, 0.25) is 0 Å². The molecule has 1 unspecified atom stereocenters. The van der Waals surface area contributed by atoms with Gasteiger partial charge in [-0.15, -0.1) is 0 Å². The Morgan fingerprint density at radius 3 is 1.78 bits per heavy atom. The first-order valence-corrected chi connectivity index (χ1v) is 10.5. The van der Waals surface area contributed by atoms with Gasteiger partial charge in [-0.2, -0.15) is 0 Å². The van der Waals surface area contributed by atoms with Crippen LogP contribution in [0.25, 0.3) is 22.3 Å². The van der Waals surface area contributed by atoms with Crippen LogP contribution >= 0.6 is 0 Å². The first-order chi connectivity index (χ1) is 15.6. The molecule has 4 aromatic carbocycles. The summed E-state index contributed by atoms with van der Waals surface area (Å²) in [4.78, 5) is 19.6. The minimum Gasteiger partial charge on any atom is -0.369 e. The van der Waals surface area contributed by atoms with Crippen LogP contribution < -0.4 is 5.73 Å². The van der Waals surface area contributed by atoms with Gasteiger partial charge in [0.2, 0.25) is 0 Å². The molecule has 0 fully saturated rings. The number of guanidine groups is 1. The maximum Gasteiger partial charge on any atom is 0.266 e. The zero-order chi connectivity index (χ0) is 22.1. The second-order valence-corrected chi connectivity index (χ2v) is 7.94. The highest BCUT2D eigenvalue weighted by atomic mass is 16.2. The molecule has 0 saturated carbocycles. The van der Waals surface area contributed by atoms with Crippen molar-refractivity contribution in [3.05, 3.63) is 120 Å². The monoisotopic (exact) mass is 417 g/mol. The molecule has 2 N–H and O–H groups in total. The molecule has 1 atom stereocenters. The van der Waals surface area contributed by atoms with Crippen molar-refractivity contribution in [2.75, 3.05) is 7.05 Å². The number of hydrogen-bond acceptors (Lipinski definition) is 3. The Balaban J connectivity index is 1.65. The smallest absolute Gasteiger partial charge is 0.266 e. The average molecular weight is 418 g/mol. The molecule has 0 radical (unpaired) electrons. The Bertz CT molecular complexity index is 1310. The average Bonchev–Trinajstić information content (AvgIpc) is 3.10. The molecule has 4 heteroatoms. The summed E-state index contributed by atoms with van der Waals surface area (Å²) in [6.45, 7) is 0. The number of nitrogens with zero attached hydrogens (tertiary/aromatic N) is 2. The van der Waals surface area contributed by atoms with Crippen LogP contribution in [-0.2, 0) is 10.3 Å². The molecule has 1 aliphatic rings. The van der Waals surface area contributed by atoms with Gasteiger partial charge in [0.1, 0.15) is 0 Å². The highest BCUT2D eigenvalue weighted by Crippen LogP contribution is 2.40. The highest BCUT2D eigenvalue weighted by molar-refractivity contribution is 6.09. The lowest BCUT2D eigenvalue weighted by Gasteiger charge is -2.26. The lowest BCUT2D eigenvalue weighted by Crippen LogP contribution is -2.41. The molecule has 156 valence electrons. The van der Waals surface area contributed by atoms with E-state index in [9.17, 15) is 4.79 Å². The number of amides is 1. The predicted octanol–water partition coefficient (Wildman–Crippen LogP) is 5.05. The molecular weight excluding hydrogens is 394 g/mol. The summed E-state index contributed by atoms with van der Waals surface area (Å²) in [7, 11) is 1.67. The fourth-order valence-corrected chi connectivity index (χ4v) is 4.30. The molecule has 1 amide bonds.